The van der Waals surface area contributed by atoms with E-state index in [-0.39, 0.29) is 0 Å². The van der Waals surface area contributed by atoms with Crippen LogP contribution in [-0.4, -0.2) is 0 Å². The summed E-state index contributed by atoms with van der Waals surface area (Å²) >= 11 is 0. The van der Waals surface area contributed by atoms with Crippen molar-refractivity contribution < 1.29 is 0 Å². The molecule has 14 heavy (non-hydrogen) atoms. The fraction of sp³-hybridized carbons (Fsp3) is 0.538. The molecule has 0 aromatic rings. The molecule has 0 unspecified atom stereocenters. The van der Waals surface area contributed by atoms with E-state index in [2.05, 4.69) is 29.6 Å². The predicted molar refractivity (Wildman–Crippen MR) is 60.7 cm³/mol. The van der Waals surface area contributed by atoms with Crippen molar-refractivity contribution in [3.63, 3.8) is 0 Å². The Hall–Kier alpha value is -0.980. The number of allylic oxidation sites excluding steroid dienone is 5. The lowest BCUT2D eigenvalue weighted by Gasteiger charge is -2.17. The largest absolute Gasteiger partial charge is 0.365 e. The van der Waals surface area contributed by atoms with E-state index in [0.29, 0.717) is 0 Å². The Morgan fingerprint density at radius 1 is 0.929 bits per heavy atom. The predicted octanol–water partition coefficient (Wildman–Crippen LogP) is 3.51. The fourth-order valence-electron chi connectivity index (χ4n) is 2.32. The van der Waals surface area contributed by atoms with Crippen LogP contribution in [0.25, 0.3) is 0 Å². The second kappa shape index (κ2) is 5.04. The van der Waals surface area contributed by atoms with Crippen molar-refractivity contribution in [2.24, 2.45) is 5.92 Å². The number of hydrogen-bond donors (Lipinski definition) is 1. The molecule has 0 bridgehead atoms. The first-order valence-electron chi connectivity index (χ1n) is 5.77. The van der Waals surface area contributed by atoms with Gasteiger partial charge in [0.25, 0.3) is 0 Å². The standard InChI is InChI=1S/C13H19N/c1-2-5-9-12(8-4-1)13-10-6-3-7-11-14-13/h3,6-7,10-12,14H,1-2,4-5,8-9H2. The quantitative estimate of drug-likeness (QED) is 0.622. The smallest absolute Gasteiger partial charge is 0.0178 e. The molecule has 1 heterocycles. The van der Waals surface area contributed by atoms with Gasteiger partial charge in [-0.1, -0.05) is 37.8 Å². The van der Waals surface area contributed by atoms with E-state index in [4.69, 9.17) is 0 Å². The highest BCUT2D eigenvalue weighted by molar-refractivity contribution is 5.22. The van der Waals surface area contributed by atoms with Crippen molar-refractivity contribution in [2.45, 2.75) is 38.5 Å². The van der Waals surface area contributed by atoms with Crippen molar-refractivity contribution in [2.75, 3.05) is 0 Å². The summed E-state index contributed by atoms with van der Waals surface area (Å²) in [5.74, 6) is 0.768. The van der Waals surface area contributed by atoms with Gasteiger partial charge in [-0.2, -0.15) is 0 Å². The zero-order valence-electron chi connectivity index (χ0n) is 8.71. The van der Waals surface area contributed by atoms with Gasteiger partial charge >= 0.3 is 0 Å². The van der Waals surface area contributed by atoms with E-state index in [9.17, 15) is 0 Å². The van der Waals surface area contributed by atoms with Crippen LogP contribution in [0.5, 0.6) is 0 Å². The molecular weight excluding hydrogens is 170 g/mol. The Kier molecular flexibility index (Phi) is 3.44. The monoisotopic (exact) mass is 189 g/mol. The molecule has 1 aliphatic carbocycles. The van der Waals surface area contributed by atoms with Gasteiger partial charge in [-0.25, -0.2) is 0 Å². The van der Waals surface area contributed by atoms with Gasteiger partial charge in [0.1, 0.15) is 0 Å². The van der Waals surface area contributed by atoms with Crippen molar-refractivity contribution in [1.82, 2.24) is 5.32 Å². The van der Waals surface area contributed by atoms with Crippen LogP contribution < -0.4 is 5.32 Å². The Morgan fingerprint density at radius 2 is 1.71 bits per heavy atom. The maximum absolute atomic E-state index is 3.40. The summed E-state index contributed by atoms with van der Waals surface area (Å²) in [4.78, 5) is 0. The zero-order valence-corrected chi connectivity index (χ0v) is 8.71. The van der Waals surface area contributed by atoms with Crippen LogP contribution in [0.4, 0.5) is 0 Å². The summed E-state index contributed by atoms with van der Waals surface area (Å²) < 4.78 is 0. The molecule has 2 aliphatic rings. The molecule has 0 radical (unpaired) electrons. The molecule has 0 aromatic heterocycles. The summed E-state index contributed by atoms with van der Waals surface area (Å²) in [5.41, 5.74) is 1.41. The SMILES string of the molecule is C1=CC=C(C2CCCCCC2)NC=C1. The van der Waals surface area contributed by atoms with Crippen molar-refractivity contribution in [3.05, 3.63) is 36.2 Å². The molecule has 1 fully saturated rings. The van der Waals surface area contributed by atoms with Gasteiger partial charge in [0, 0.05) is 11.9 Å². The van der Waals surface area contributed by atoms with E-state index in [1.807, 2.05) is 6.20 Å². The highest BCUT2D eigenvalue weighted by Crippen LogP contribution is 2.27. The van der Waals surface area contributed by atoms with E-state index in [1.54, 1.807) is 0 Å². The third kappa shape index (κ3) is 2.50. The fourth-order valence-corrected chi connectivity index (χ4v) is 2.32. The second-order valence-corrected chi connectivity index (χ2v) is 4.20. The van der Waals surface area contributed by atoms with Gasteiger partial charge in [-0.3, -0.25) is 0 Å². The molecule has 0 spiro atoms. The summed E-state index contributed by atoms with van der Waals surface area (Å²) in [6.45, 7) is 0. The summed E-state index contributed by atoms with van der Waals surface area (Å²) in [6.07, 6.45) is 18.9. The molecule has 0 aromatic carbocycles. The van der Waals surface area contributed by atoms with E-state index >= 15 is 0 Å². The minimum Gasteiger partial charge on any atom is -0.365 e. The lowest BCUT2D eigenvalue weighted by molar-refractivity contribution is 0.510. The van der Waals surface area contributed by atoms with Gasteiger partial charge in [-0.05, 0) is 30.9 Å². The van der Waals surface area contributed by atoms with Crippen LogP contribution in [0.2, 0.25) is 0 Å². The highest BCUT2D eigenvalue weighted by Gasteiger charge is 2.15. The number of nitrogens with one attached hydrogen (secondary N) is 1. The van der Waals surface area contributed by atoms with Crippen molar-refractivity contribution in [1.29, 1.82) is 0 Å². The maximum Gasteiger partial charge on any atom is 0.0178 e. The first-order valence-corrected chi connectivity index (χ1v) is 5.77. The van der Waals surface area contributed by atoms with Gasteiger partial charge in [-0.15, -0.1) is 0 Å². The average Bonchev–Trinajstić information content (AvgIpc) is 2.62. The van der Waals surface area contributed by atoms with Gasteiger partial charge < -0.3 is 5.32 Å². The lowest BCUT2D eigenvalue weighted by atomic mass is 9.96. The first kappa shape index (κ1) is 9.57. The minimum absolute atomic E-state index is 0.768. The van der Waals surface area contributed by atoms with Crippen LogP contribution >= 0.6 is 0 Å². The Morgan fingerprint density at radius 3 is 2.50 bits per heavy atom. The number of hydrogen-bond acceptors (Lipinski definition) is 1. The molecule has 1 aliphatic heterocycles. The Balaban J connectivity index is 2.01. The van der Waals surface area contributed by atoms with Gasteiger partial charge in [0.15, 0.2) is 0 Å². The second-order valence-electron chi connectivity index (χ2n) is 4.20. The minimum atomic E-state index is 0.768. The van der Waals surface area contributed by atoms with E-state index in [1.165, 1.54) is 44.2 Å². The van der Waals surface area contributed by atoms with Crippen LogP contribution in [0.15, 0.2) is 36.2 Å². The summed E-state index contributed by atoms with van der Waals surface area (Å²) in [7, 11) is 0. The molecule has 1 N–H and O–H groups in total. The molecule has 0 saturated heterocycles. The summed E-state index contributed by atoms with van der Waals surface area (Å²) in [5, 5.41) is 3.40. The third-order valence-electron chi connectivity index (χ3n) is 3.14. The molecule has 2 rings (SSSR count). The van der Waals surface area contributed by atoms with E-state index in [0.717, 1.165) is 5.92 Å². The Labute approximate surface area is 86.6 Å². The zero-order chi connectivity index (χ0) is 9.64. The molecule has 0 amide bonds. The van der Waals surface area contributed by atoms with Crippen LogP contribution in [0, 0.1) is 5.92 Å². The molecule has 0 atom stereocenters. The van der Waals surface area contributed by atoms with Crippen molar-refractivity contribution >= 4 is 0 Å². The Bertz CT molecular complexity index is 252. The van der Waals surface area contributed by atoms with Crippen LogP contribution in [-0.2, 0) is 0 Å². The lowest BCUT2D eigenvalue weighted by Crippen LogP contribution is -2.14. The normalized spacial score (nSPS) is 23.6. The highest BCUT2D eigenvalue weighted by atomic mass is 14.9. The topological polar surface area (TPSA) is 12.0 Å². The van der Waals surface area contributed by atoms with Crippen molar-refractivity contribution in [3.8, 4) is 0 Å². The molecule has 76 valence electrons. The summed E-state index contributed by atoms with van der Waals surface area (Å²) in [6, 6.07) is 0. The maximum atomic E-state index is 3.40. The van der Waals surface area contributed by atoms with Crippen LogP contribution in [0.1, 0.15) is 38.5 Å². The van der Waals surface area contributed by atoms with Gasteiger partial charge in [0.05, 0.1) is 0 Å². The first-order chi connectivity index (χ1) is 6.97. The third-order valence-corrected chi connectivity index (χ3v) is 3.14. The molecule has 1 saturated carbocycles. The molecular formula is C13H19N. The van der Waals surface area contributed by atoms with Crippen LogP contribution in [0.3, 0.4) is 0 Å². The van der Waals surface area contributed by atoms with E-state index < -0.39 is 0 Å². The molecule has 1 heteroatoms. The molecule has 1 nitrogen and oxygen atoms in total. The number of rotatable bonds is 1. The van der Waals surface area contributed by atoms with Gasteiger partial charge in [0.2, 0.25) is 0 Å². The average molecular weight is 189 g/mol.